The predicted octanol–water partition coefficient (Wildman–Crippen LogP) is 4.35. The van der Waals surface area contributed by atoms with E-state index >= 15 is 0 Å². The van der Waals surface area contributed by atoms with Crippen molar-refractivity contribution in [3.8, 4) is 5.75 Å². The van der Waals surface area contributed by atoms with Crippen LogP contribution in [0.3, 0.4) is 0 Å². The van der Waals surface area contributed by atoms with Crippen molar-refractivity contribution in [3.63, 3.8) is 0 Å². The van der Waals surface area contributed by atoms with E-state index in [1.165, 1.54) is 0 Å². The summed E-state index contributed by atoms with van der Waals surface area (Å²) < 4.78 is 98.0. The number of halogens is 8. The third kappa shape index (κ3) is 3.70. The molecule has 0 aromatic heterocycles. The van der Waals surface area contributed by atoms with Crippen LogP contribution in [0.25, 0.3) is 0 Å². The summed E-state index contributed by atoms with van der Waals surface area (Å²) in [4.78, 5) is 0. The van der Waals surface area contributed by atoms with Crippen molar-refractivity contribution >= 4 is 37.6 Å². The van der Waals surface area contributed by atoms with E-state index in [0.717, 1.165) is 0 Å². The number of hydrogen-bond acceptors (Lipinski definition) is 3. The molecule has 12 heteroatoms. The van der Waals surface area contributed by atoms with Gasteiger partial charge in [0.1, 0.15) is 5.75 Å². The van der Waals surface area contributed by atoms with Gasteiger partial charge in [0.15, 0.2) is 0 Å². The minimum absolute atomic E-state index is 0.318. The Bertz CT molecular complexity index is 601. The van der Waals surface area contributed by atoms with Crippen LogP contribution < -0.4 is 4.18 Å². The molecule has 0 unspecified atom stereocenters. The van der Waals surface area contributed by atoms with Crippen LogP contribution in [0.5, 0.6) is 5.75 Å². The van der Waals surface area contributed by atoms with Crippen LogP contribution in [0.2, 0.25) is 5.02 Å². The molecule has 0 N–H and O–H groups in total. The Morgan fingerprint density at radius 3 is 1.95 bits per heavy atom. The Balaban J connectivity index is 3.27. The Morgan fingerprint density at radius 1 is 1.10 bits per heavy atom. The maximum atomic E-state index is 12.5. The Morgan fingerprint density at radius 2 is 1.60 bits per heavy atom. The van der Waals surface area contributed by atoms with E-state index in [9.17, 15) is 34.8 Å². The van der Waals surface area contributed by atoms with Gasteiger partial charge in [-0.2, -0.15) is 34.8 Å². The normalized spacial score (nSPS) is 13.4. The standard InChI is InChI=1S/C8H2BrClF6O3S/c9-4-1-3(19-20(17,18)8(14,15)16)2-5(10)6(4)7(11,12)13/h1-2H. The lowest BCUT2D eigenvalue weighted by atomic mass is 10.2. The van der Waals surface area contributed by atoms with Gasteiger partial charge in [-0.15, -0.1) is 0 Å². The molecule has 20 heavy (non-hydrogen) atoms. The molecule has 0 saturated carbocycles. The summed E-state index contributed by atoms with van der Waals surface area (Å²) in [6.07, 6.45) is -4.88. The lowest BCUT2D eigenvalue weighted by Crippen LogP contribution is -2.28. The molecular formula is C8H2BrClF6O3S. The molecule has 0 heterocycles. The highest BCUT2D eigenvalue weighted by Gasteiger charge is 2.48. The number of hydrogen-bond donors (Lipinski definition) is 0. The first-order valence-corrected chi connectivity index (χ1v) is 6.90. The van der Waals surface area contributed by atoms with Gasteiger partial charge < -0.3 is 4.18 Å². The maximum absolute atomic E-state index is 12.5. The fourth-order valence-corrected chi connectivity index (χ4v) is 2.58. The van der Waals surface area contributed by atoms with Crippen LogP contribution in [-0.2, 0) is 16.3 Å². The Kier molecular flexibility index (Phi) is 4.57. The second kappa shape index (κ2) is 5.26. The largest absolute Gasteiger partial charge is 0.534 e. The molecule has 0 aliphatic carbocycles. The van der Waals surface area contributed by atoms with Crippen LogP contribution >= 0.6 is 27.5 Å². The van der Waals surface area contributed by atoms with Crippen LogP contribution in [0.15, 0.2) is 16.6 Å². The van der Waals surface area contributed by atoms with Crippen molar-refractivity contribution in [1.82, 2.24) is 0 Å². The van der Waals surface area contributed by atoms with E-state index in [2.05, 4.69) is 20.1 Å². The quantitative estimate of drug-likeness (QED) is 0.416. The molecule has 1 aromatic rings. The summed E-state index contributed by atoms with van der Waals surface area (Å²) in [5, 5.41) is -1.01. The van der Waals surface area contributed by atoms with Crippen molar-refractivity contribution in [2.45, 2.75) is 11.7 Å². The van der Waals surface area contributed by atoms with Crippen molar-refractivity contribution < 1.29 is 38.9 Å². The van der Waals surface area contributed by atoms with Crippen LogP contribution in [-0.4, -0.2) is 13.9 Å². The minimum Gasteiger partial charge on any atom is -0.376 e. The Labute approximate surface area is 121 Å². The van der Waals surface area contributed by atoms with Gasteiger partial charge in [0, 0.05) is 10.5 Å². The van der Waals surface area contributed by atoms with Crippen molar-refractivity contribution in [2.75, 3.05) is 0 Å². The second-order valence-corrected chi connectivity index (χ2v) is 6.04. The molecule has 0 spiro atoms. The molecule has 0 aliphatic rings. The zero-order valence-electron chi connectivity index (χ0n) is 8.81. The molecular weight excluding hydrogens is 405 g/mol. The van der Waals surface area contributed by atoms with Gasteiger partial charge in [-0.3, -0.25) is 0 Å². The zero-order valence-corrected chi connectivity index (χ0v) is 12.0. The van der Waals surface area contributed by atoms with Crippen molar-refractivity contribution in [1.29, 1.82) is 0 Å². The molecule has 0 bridgehead atoms. The summed E-state index contributed by atoms with van der Waals surface area (Å²) in [5.41, 5.74) is -7.08. The van der Waals surface area contributed by atoms with E-state index in [1.807, 2.05) is 0 Å². The molecule has 0 fully saturated rings. The third-order valence-corrected chi connectivity index (χ3v) is 3.69. The second-order valence-electron chi connectivity index (χ2n) is 3.24. The molecule has 114 valence electrons. The third-order valence-electron chi connectivity index (χ3n) is 1.79. The molecule has 0 atom stereocenters. The summed E-state index contributed by atoms with van der Waals surface area (Å²) >= 11 is 7.69. The molecule has 0 saturated heterocycles. The summed E-state index contributed by atoms with van der Waals surface area (Å²) in [5.74, 6) is -1.01. The van der Waals surface area contributed by atoms with Gasteiger partial charge in [0.2, 0.25) is 0 Å². The smallest absolute Gasteiger partial charge is 0.376 e. The highest BCUT2D eigenvalue weighted by atomic mass is 79.9. The summed E-state index contributed by atoms with van der Waals surface area (Å²) in [6.45, 7) is 0. The highest BCUT2D eigenvalue weighted by molar-refractivity contribution is 9.10. The minimum atomic E-state index is -5.99. The van der Waals surface area contributed by atoms with Crippen LogP contribution in [0.1, 0.15) is 5.56 Å². The molecule has 1 aromatic carbocycles. The van der Waals surface area contributed by atoms with E-state index in [4.69, 9.17) is 11.6 Å². The Hall–Kier alpha value is -0.680. The number of benzene rings is 1. The SMILES string of the molecule is O=S(=O)(Oc1cc(Cl)c(C(F)(F)F)c(Br)c1)C(F)(F)F. The van der Waals surface area contributed by atoms with E-state index in [0.29, 0.717) is 12.1 Å². The van der Waals surface area contributed by atoms with Crippen LogP contribution in [0, 0.1) is 0 Å². The van der Waals surface area contributed by atoms with E-state index < -0.39 is 42.6 Å². The predicted molar refractivity (Wildman–Crippen MR) is 59.8 cm³/mol. The lowest BCUT2D eigenvalue weighted by molar-refractivity contribution is -0.138. The van der Waals surface area contributed by atoms with Crippen molar-refractivity contribution in [3.05, 3.63) is 27.2 Å². The summed E-state index contributed by atoms with van der Waals surface area (Å²) in [7, 11) is -5.99. The van der Waals surface area contributed by atoms with Gasteiger partial charge in [-0.05, 0) is 22.0 Å². The van der Waals surface area contributed by atoms with Gasteiger partial charge in [0.05, 0.1) is 10.6 Å². The first kappa shape index (κ1) is 17.4. The maximum Gasteiger partial charge on any atom is 0.534 e. The fourth-order valence-electron chi connectivity index (χ4n) is 1.04. The molecule has 0 amide bonds. The topological polar surface area (TPSA) is 43.4 Å². The first-order valence-electron chi connectivity index (χ1n) is 4.32. The van der Waals surface area contributed by atoms with E-state index in [1.54, 1.807) is 0 Å². The molecule has 3 nitrogen and oxygen atoms in total. The van der Waals surface area contributed by atoms with Gasteiger partial charge >= 0.3 is 21.8 Å². The number of rotatable bonds is 2. The lowest BCUT2D eigenvalue weighted by Gasteiger charge is -2.14. The van der Waals surface area contributed by atoms with E-state index in [-0.39, 0.29) is 0 Å². The highest BCUT2D eigenvalue weighted by Crippen LogP contribution is 2.42. The zero-order chi connectivity index (χ0) is 15.9. The average Bonchev–Trinajstić information content (AvgIpc) is 2.09. The average molecular weight is 408 g/mol. The van der Waals surface area contributed by atoms with Gasteiger partial charge in [-0.1, -0.05) is 11.6 Å². The van der Waals surface area contributed by atoms with Gasteiger partial charge in [-0.25, -0.2) is 0 Å². The molecule has 1 rings (SSSR count). The van der Waals surface area contributed by atoms with Gasteiger partial charge in [0.25, 0.3) is 0 Å². The monoisotopic (exact) mass is 406 g/mol. The fraction of sp³-hybridized carbons (Fsp3) is 0.250. The number of alkyl halides is 6. The molecule has 0 aliphatic heterocycles. The van der Waals surface area contributed by atoms with Crippen LogP contribution in [0.4, 0.5) is 26.3 Å². The molecule has 0 radical (unpaired) electrons. The van der Waals surface area contributed by atoms with Crippen molar-refractivity contribution in [2.24, 2.45) is 0 Å². The summed E-state index contributed by atoms with van der Waals surface area (Å²) in [6, 6.07) is 0.733. The first-order chi connectivity index (χ1) is 8.75.